The van der Waals surface area contributed by atoms with Gasteiger partial charge in [0.25, 0.3) is 0 Å². The molecule has 0 unspecified atom stereocenters. The summed E-state index contributed by atoms with van der Waals surface area (Å²) in [5.74, 6) is 0.107. The third kappa shape index (κ3) is 0.795. The number of aromatic hydroxyl groups is 1. The second-order valence-electron chi connectivity index (χ2n) is 2.29. The summed E-state index contributed by atoms with van der Waals surface area (Å²) in [6.45, 7) is 0. The highest BCUT2D eigenvalue weighted by Gasteiger charge is 2.06. The Labute approximate surface area is 68.1 Å². The third-order valence-corrected chi connectivity index (χ3v) is 1.60. The Morgan fingerprint density at radius 1 is 1.50 bits per heavy atom. The molecule has 1 aromatic heterocycles. The molecule has 12 heavy (non-hydrogen) atoms. The van der Waals surface area contributed by atoms with Crippen molar-refractivity contribution in [2.75, 3.05) is 7.11 Å². The van der Waals surface area contributed by atoms with Crippen molar-refractivity contribution in [3.63, 3.8) is 0 Å². The van der Waals surface area contributed by atoms with E-state index in [1.54, 1.807) is 18.2 Å². The number of hydrogen-bond acceptors (Lipinski definition) is 4. The maximum Gasteiger partial charge on any atom is 0.158 e. The van der Waals surface area contributed by atoms with Gasteiger partial charge in [-0.1, -0.05) is 10.9 Å². The zero-order chi connectivity index (χ0) is 8.55. The van der Waals surface area contributed by atoms with Crippen molar-refractivity contribution < 1.29 is 9.94 Å². The first kappa shape index (κ1) is 6.90. The number of nitrogens with zero attached hydrogens (tertiary/aromatic N) is 3. The highest BCUT2D eigenvalue weighted by molar-refractivity contribution is 5.80. The Bertz CT molecular complexity index is 410. The lowest BCUT2D eigenvalue weighted by molar-refractivity contribution is 0.139. The van der Waals surface area contributed by atoms with Crippen LogP contribution in [0.4, 0.5) is 0 Å². The summed E-state index contributed by atoms with van der Waals surface area (Å²) in [5.41, 5.74) is 1.09. The van der Waals surface area contributed by atoms with Crippen molar-refractivity contribution in [3.8, 4) is 5.75 Å². The fourth-order valence-corrected chi connectivity index (χ4v) is 1.04. The third-order valence-electron chi connectivity index (χ3n) is 1.60. The summed E-state index contributed by atoms with van der Waals surface area (Å²) in [7, 11) is 1.48. The first-order valence-electron chi connectivity index (χ1n) is 3.41. The Morgan fingerprint density at radius 3 is 3.08 bits per heavy atom. The van der Waals surface area contributed by atoms with E-state index < -0.39 is 0 Å². The van der Waals surface area contributed by atoms with Crippen molar-refractivity contribution >= 4 is 11.0 Å². The molecule has 1 N–H and O–H groups in total. The molecule has 0 bridgehead atoms. The first-order valence-corrected chi connectivity index (χ1v) is 3.41. The average molecular weight is 165 g/mol. The van der Waals surface area contributed by atoms with Gasteiger partial charge in [0, 0.05) is 0 Å². The lowest BCUT2D eigenvalue weighted by Crippen LogP contribution is -2.06. The van der Waals surface area contributed by atoms with Crippen molar-refractivity contribution in [2.45, 2.75) is 0 Å². The molecule has 5 nitrogen and oxygen atoms in total. The van der Waals surface area contributed by atoms with Crippen LogP contribution in [0.15, 0.2) is 18.2 Å². The van der Waals surface area contributed by atoms with Gasteiger partial charge in [-0.3, -0.25) is 0 Å². The molecule has 2 rings (SSSR count). The van der Waals surface area contributed by atoms with E-state index in [0.717, 1.165) is 0 Å². The second kappa shape index (κ2) is 2.37. The molecule has 1 aromatic carbocycles. The Kier molecular flexibility index (Phi) is 1.36. The topological polar surface area (TPSA) is 60.2 Å². The molecule has 0 aliphatic rings. The van der Waals surface area contributed by atoms with Gasteiger partial charge in [0.05, 0.1) is 0 Å². The zero-order valence-electron chi connectivity index (χ0n) is 6.43. The standard InChI is InChI=1S/C7H7N3O2/c1-12-10-5-3-2-4-6(11)7(5)8-9-10/h2-4,11H,1H3. The molecular formula is C7H7N3O2. The van der Waals surface area contributed by atoms with E-state index in [4.69, 9.17) is 4.84 Å². The smallest absolute Gasteiger partial charge is 0.158 e. The van der Waals surface area contributed by atoms with Crippen LogP contribution < -0.4 is 4.84 Å². The maximum atomic E-state index is 9.31. The van der Waals surface area contributed by atoms with Gasteiger partial charge in [-0.2, -0.15) is 0 Å². The van der Waals surface area contributed by atoms with E-state index in [-0.39, 0.29) is 5.75 Å². The fraction of sp³-hybridized carbons (Fsp3) is 0.143. The van der Waals surface area contributed by atoms with Crippen LogP contribution in [0.3, 0.4) is 0 Å². The molecule has 0 radical (unpaired) electrons. The molecule has 0 saturated heterocycles. The van der Waals surface area contributed by atoms with Crippen molar-refractivity contribution in [3.05, 3.63) is 18.2 Å². The minimum Gasteiger partial charge on any atom is -0.506 e. The molecule has 5 heteroatoms. The van der Waals surface area contributed by atoms with E-state index in [1.807, 2.05) is 0 Å². The van der Waals surface area contributed by atoms with E-state index >= 15 is 0 Å². The maximum absolute atomic E-state index is 9.31. The van der Waals surface area contributed by atoms with E-state index in [2.05, 4.69) is 10.3 Å². The predicted molar refractivity (Wildman–Crippen MR) is 41.7 cm³/mol. The molecular weight excluding hydrogens is 158 g/mol. The highest BCUT2D eigenvalue weighted by Crippen LogP contribution is 2.20. The molecule has 0 amide bonds. The van der Waals surface area contributed by atoms with Crippen LogP contribution in [-0.4, -0.2) is 27.4 Å². The number of benzene rings is 1. The molecule has 0 aliphatic heterocycles. The number of hydrogen-bond donors (Lipinski definition) is 1. The molecule has 0 spiro atoms. The van der Waals surface area contributed by atoms with Gasteiger partial charge in [-0.05, 0) is 17.3 Å². The van der Waals surface area contributed by atoms with Gasteiger partial charge < -0.3 is 9.94 Å². The molecule has 0 fully saturated rings. The molecule has 0 aliphatic carbocycles. The summed E-state index contributed by atoms with van der Waals surface area (Å²) in [5, 5.41) is 16.7. The van der Waals surface area contributed by atoms with Crippen molar-refractivity contribution in [1.29, 1.82) is 0 Å². The summed E-state index contributed by atoms with van der Waals surface area (Å²) in [6.07, 6.45) is 0. The van der Waals surface area contributed by atoms with E-state index in [0.29, 0.717) is 11.0 Å². The molecule has 0 atom stereocenters. The average Bonchev–Trinajstić information content (AvgIpc) is 2.49. The Balaban J connectivity index is 2.80. The van der Waals surface area contributed by atoms with Crippen LogP contribution >= 0.6 is 0 Å². The van der Waals surface area contributed by atoms with Crippen LogP contribution in [0.5, 0.6) is 5.75 Å². The Morgan fingerprint density at radius 2 is 2.33 bits per heavy atom. The summed E-state index contributed by atoms with van der Waals surface area (Å²) >= 11 is 0. The lowest BCUT2D eigenvalue weighted by atomic mass is 10.3. The van der Waals surface area contributed by atoms with Gasteiger partial charge in [0.1, 0.15) is 18.4 Å². The van der Waals surface area contributed by atoms with Gasteiger partial charge >= 0.3 is 0 Å². The summed E-state index contributed by atoms with van der Waals surface area (Å²) in [4.78, 5) is 6.10. The number of rotatable bonds is 1. The summed E-state index contributed by atoms with van der Waals surface area (Å²) in [6, 6.07) is 5.02. The van der Waals surface area contributed by atoms with Crippen molar-refractivity contribution in [2.24, 2.45) is 0 Å². The van der Waals surface area contributed by atoms with E-state index in [9.17, 15) is 5.11 Å². The monoisotopic (exact) mass is 165 g/mol. The van der Waals surface area contributed by atoms with Crippen LogP contribution in [0.1, 0.15) is 0 Å². The van der Waals surface area contributed by atoms with Gasteiger partial charge in [0.15, 0.2) is 5.52 Å². The van der Waals surface area contributed by atoms with Crippen molar-refractivity contribution in [1.82, 2.24) is 15.2 Å². The lowest BCUT2D eigenvalue weighted by Gasteiger charge is -1.96. The largest absolute Gasteiger partial charge is 0.506 e. The number of phenols is 1. The fourth-order valence-electron chi connectivity index (χ4n) is 1.04. The Hall–Kier alpha value is -1.78. The SMILES string of the molecule is COn1nnc2c(O)cccc21. The molecule has 1 heterocycles. The molecule has 0 saturated carbocycles. The minimum absolute atomic E-state index is 0.107. The summed E-state index contributed by atoms with van der Waals surface area (Å²) < 4.78 is 0. The second-order valence-corrected chi connectivity index (χ2v) is 2.29. The molecule has 62 valence electrons. The van der Waals surface area contributed by atoms with E-state index in [1.165, 1.54) is 12.0 Å². The van der Waals surface area contributed by atoms with Crippen LogP contribution in [-0.2, 0) is 0 Å². The first-order chi connectivity index (χ1) is 5.83. The number of fused-ring (bicyclic) bond motifs is 1. The van der Waals surface area contributed by atoms with Crippen LogP contribution in [0, 0.1) is 0 Å². The van der Waals surface area contributed by atoms with Gasteiger partial charge in [0.2, 0.25) is 0 Å². The quantitative estimate of drug-likeness (QED) is 0.655. The normalized spacial score (nSPS) is 10.4. The predicted octanol–water partition coefficient (Wildman–Crippen LogP) is 0.195. The minimum atomic E-state index is 0.107. The molecule has 2 aromatic rings. The highest BCUT2D eigenvalue weighted by atomic mass is 16.7. The van der Waals surface area contributed by atoms with Crippen LogP contribution in [0.2, 0.25) is 0 Å². The zero-order valence-corrected chi connectivity index (χ0v) is 6.43. The number of aromatic nitrogens is 3. The van der Waals surface area contributed by atoms with Gasteiger partial charge in [-0.25, -0.2) is 0 Å². The van der Waals surface area contributed by atoms with Gasteiger partial charge in [-0.15, -0.1) is 5.10 Å². The number of phenolic OH excluding ortho intramolecular Hbond substituents is 1. The van der Waals surface area contributed by atoms with Crippen LogP contribution in [0.25, 0.3) is 11.0 Å².